The number of H-pyrrole nitrogens is 1. The SMILES string of the molecule is O=C(c1ccc2nc(-c3ccccc3)[nH]c2c1)N1CCC(O)(Cc2ccccc2F)CC1. The van der Waals surface area contributed by atoms with E-state index in [0.29, 0.717) is 37.1 Å². The van der Waals surface area contributed by atoms with Crippen molar-refractivity contribution in [2.75, 3.05) is 13.1 Å². The maximum absolute atomic E-state index is 14.0. The van der Waals surface area contributed by atoms with Crippen LogP contribution in [0.5, 0.6) is 0 Å². The van der Waals surface area contributed by atoms with E-state index < -0.39 is 5.60 Å². The van der Waals surface area contributed by atoms with E-state index in [4.69, 9.17) is 0 Å². The second kappa shape index (κ2) is 8.20. The van der Waals surface area contributed by atoms with E-state index in [2.05, 4.69) is 9.97 Å². The van der Waals surface area contributed by atoms with Crippen LogP contribution in [0.4, 0.5) is 4.39 Å². The van der Waals surface area contributed by atoms with E-state index in [1.807, 2.05) is 42.5 Å². The predicted molar refractivity (Wildman–Crippen MR) is 122 cm³/mol. The number of likely N-dealkylation sites (tertiary alicyclic amines) is 1. The molecule has 162 valence electrons. The Hall–Kier alpha value is -3.51. The Morgan fingerprint density at radius 2 is 1.75 bits per heavy atom. The number of rotatable bonds is 4. The van der Waals surface area contributed by atoms with Gasteiger partial charge in [0.1, 0.15) is 11.6 Å². The number of carbonyl (C=O) groups excluding carboxylic acids is 1. The standard InChI is InChI=1S/C26H24FN3O2/c27-21-9-5-4-8-20(21)17-26(32)12-14-30(15-13-26)25(31)19-10-11-22-23(16-19)29-24(28-22)18-6-2-1-3-7-18/h1-11,16,32H,12-15,17H2,(H,28,29). The van der Waals surface area contributed by atoms with Crippen LogP contribution in [0.25, 0.3) is 22.4 Å². The van der Waals surface area contributed by atoms with Crippen molar-refractivity contribution in [2.45, 2.75) is 24.9 Å². The van der Waals surface area contributed by atoms with Crippen molar-refractivity contribution in [3.05, 3.63) is 89.7 Å². The molecule has 1 aromatic heterocycles. The molecule has 0 unspecified atom stereocenters. The van der Waals surface area contributed by atoms with Gasteiger partial charge in [-0.25, -0.2) is 9.37 Å². The Morgan fingerprint density at radius 1 is 1.03 bits per heavy atom. The third-order valence-corrected chi connectivity index (χ3v) is 6.23. The quantitative estimate of drug-likeness (QED) is 0.499. The first-order valence-electron chi connectivity index (χ1n) is 10.8. The summed E-state index contributed by atoms with van der Waals surface area (Å²) < 4.78 is 14.0. The molecule has 4 aromatic rings. The molecule has 5 rings (SSSR count). The Balaban J connectivity index is 1.29. The van der Waals surface area contributed by atoms with Crippen LogP contribution in [0.2, 0.25) is 0 Å². The number of fused-ring (bicyclic) bond motifs is 1. The van der Waals surface area contributed by atoms with Crippen LogP contribution in [-0.4, -0.2) is 44.6 Å². The smallest absolute Gasteiger partial charge is 0.253 e. The van der Waals surface area contributed by atoms with Crippen LogP contribution in [0.1, 0.15) is 28.8 Å². The van der Waals surface area contributed by atoms with Crippen molar-refractivity contribution in [2.24, 2.45) is 0 Å². The van der Waals surface area contributed by atoms with Gasteiger partial charge in [-0.05, 0) is 42.7 Å². The van der Waals surface area contributed by atoms with Crippen LogP contribution < -0.4 is 0 Å². The lowest BCUT2D eigenvalue weighted by Gasteiger charge is -2.38. The molecule has 2 N–H and O–H groups in total. The zero-order valence-corrected chi connectivity index (χ0v) is 17.6. The highest BCUT2D eigenvalue weighted by Crippen LogP contribution is 2.29. The van der Waals surface area contributed by atoms with Gasteiger partial charge in [0.2, 0.25) is 0 Å². The van der Waals surface area contributed by atoms with Crippen LogP contribution in [0.3, 0.4) is 0 Å². The monoisotopic (exact) mass is 429 g/mol. The number of imidazole rings is 1. The van der Waals surface area contributed by atoms with E-state index in [1.165, 1.54) is 6.07 Å². The second-order valence-corrected chi connectivity index (χ2v) is 8.47. The van der Waals surface area contributed by atoms with Crippen LogP contribution >= 0.6 is 0 Å². The average molecular weight is 429 g/mol. The third kappa shape index (κ3) is 4.01. The summed E-state index contributed by atoms with van der Waals surface area (Å²) in [5, 5.41) is 11.0. The van der Waals surface area contributed by atoms with Crippen molar-refractivity contribution in [1.29, 1.82) is 0 Å². The number of carbonyl (C=O) groups is 1. The number of piperidine rings is 1. The highest BCUT2D eigenvalue weighted by atomic mass is 19.1. The van der Waals surface area contributed by atoms with Crippen LogP contribution in [0, 0.1) is 5.82 Å². The first-order valence-corrected chi connectivity index (χ1v) is 10.8. The first-order chi connectivity index (χ1) is 15.5. The largest absolute Gasteiger partial charge is 0.389 e. The van der Waals surface area contributed by atoms with E-state index >= 15 is 0 Å². The Labute approximate surface area is 185 Å². The molecule has 0 radical (unpaired) electrons. The minimum Gasteiger partial charge on any atom is -0.389 e. The van der Waals surface area contributed by atoms with Crippen molar-refractivity contribution in [3.63, 3.8) is 0 Å². The topological polar surface area (TPSA) is 69.2 Å². The number of aromatic amines is 1. The molecule has 1 aliphatic rings. The van der Waals surface area contributed by atoms with Gasteiger partial charge in [0.25, 0.3) is 5.91 Å². The number of benzene rings is 3. The van der Waals surface area contributed by atoms with E-state index in [-0.39, 0.29) is 18.1 Å². The fraction of sp³-hybridized carbons (Fsp3) is 0.231. The maximum Gasteiger partial charge on any atom is 0.253 e. The molecule has 5 nitrogen and oxygen atoms in total. The molecule has 0 saturated carbocycles. The molecule has 0 atom stereocenters. The Morgan fingerprint density at radius 3 is 2.50 bits per heavy atom. The first kappa shape index (κ1) is 20.4. The van der Waals surface area contributed by atoms with Crippen molar-refractivity contribution in [1.82, 2.24) is 14.9 Å². The fourth-order valence-electron chi connectivity index (χ4n) is 4.36. The minimum absolute atomic E-state index is 0.0734. The molecule has 1 amide bonds. The molecular weight excluding hydrogens is 405 g/mol. The normalized spacial score (nSPS) is 15.8. The highest BCUT2D eigenvalue weighted by Gasteiger charge is 2.35. The molecule has 0 spiro atoms. The number of aliphatic hydroxyl groups is 1. The Bertz CT molecular complexity index is 1260. The second-order valence-electron chi connectivity index (χ2n) is 8.47. The Kier molecular flexibility index (Phi) is 5.23. The lowest BCUT2D eigenvalue weighted by molar-refractivity contribution is -0.0167. The number of nitrogens with one attached hydrogen (secondary N) is 1. The number of nitrogens with zero attached hydrogens (tertiary/aromatic N) is 2. The molecule has 0 aliphatic carbocycles. The third-order valence-electron chi connectivity index (χ3n) is 6.23. The van der Waals surface area contributed by atoms with Crippen molar-refractivity contribution in [3.8, 4) is 11.4 Å². The molecule has 1 aliphatic heterocycles. The summed E-state index contributed by atoms with van der Waals surface area (Å²) in [7, 11) is 0. The number of hydrogen-bond donors (Lipinski definition) is 2. The summed E-state index contributed by atoms with van der Waals surface area (Å²) >= 11 is 0. The number of hydrogen-bond acceptors (Lipinski definition) is 3. The molecule has 2 heterocycles. The number of amides is 1. The molecule has 0 bridgehead atoms. The summed E-state index contributed by atoms with van der Waals surface area (Å²) in [4.78, 5) is 22.8. The van der Waals surface area contributed by atoms with E-state index in [9.17, 15) is 14.3 Å². The summed E-state index contributed by atoms with van der Waals surface area (Å²) in [6, 6.07) is 21.8. The fourth-order valence-corrected chi connectivity index (χ4v) is 4.36. The van der Waals surface area contributed by atoms with Gasteiger partial charge in [0.05, 0.1) is 16.6 Å². The van der Waals surface area contributed by atoms with Crippen molar-refractivity contribution >= 4 is 16.9 Å². The van der Waals surface area contributed by atoms with Gasteiger partial charge < -0.3 is 15.0 Å². The van der Waals surface area contributed by atoms with Gasteiger partial charge in [0, 0.05) is 30.6 Å². The summed E-state index contributed by atoms with van der Waals surface area (Å²) in [5.74, 6) is 0.388. The number of aromatic nitrogens is 2. The van der Waals surface area contributed by atoms with Crippen LogP contribution in [0.15, 0.2) is 72.8 Å². The van der Waals surface area contributed by atoms with Gasteiger partial charge in [-0.15, -0.1) is 0 Å². The molecule has 1 fully saturated rings. The van der Waals surface area contributed by atoms with Gasteiger partial charge in [0.15, 0.2) is 0 Å². The summed E-state index contributed by atoms with van der Waals surface area (Å²) in [6.07, 6.45) is 1.08. The maximum atomic E-state index is 14.0. The molecule has 3 aromatic carbocycles. The van der Waals surface area contributed by atoms with Gasteiger partial charge in [-0.2, -0.15) is 0 Å². The summed E-state index contributed by atoms with van der Waals surface area (Å²) in [6.45, 7) is 0.861. The molecule has 32 heavy (non-hydrogen) atoms. The molecule has 1 saturated heterocycles. The number of halogens is 1. The van der Waals surface area contributed by atoms with E-state index in [1.54, 1.807) is 29.2 Å². The average Bonchev–Trinajstić information content (AvgIpc) is 3.25. The van der Waals surface area contributed by atoms with Crippen LogP contribution in [-0.2, 0) is 6.42 Å². The zero-order chi connectivity index (χ0) is 22.1. The molecule has 6 heteroatoms. The molecular formula is C26H24FN3O2. The summed E-state index contributed by atoms with van der Waals surface area (Å²) in [5.41, 5.74) is 2.69. The van der Waals surface area contributed by atoms with Crippen molar-refractivity contribution < 1.29 is 14.3 Å². The van der Waals surface area contributed by atoms with Gasteiger partial charge >= 0.3 is 0 Å². The highest BCUT2D eigenvalue weighted by molar-refractivity contribution is 5.97. The van der Waals surface area contributed by atoms with E-state index in [0.717, 1.165) is 22.4 Å². The zero-order valence-electron chi connectivity index (χ0n) is 17.6. The predicted octanol–water partition coefficient (Wildman–Crippen LogP) is 4.58. The van der Waals surface area contributed by atoms with Gasteiger partial charge in [-0.1, -0.05) is 48.5 Å². The lowest BCUT2D eigenvalue weighted by Crippen LogP contribution is -2.47. The van der Waals surface area contributed by atoms with Gasteiger partial charge in [-0.3, -0.25) is 4.79 Å². The lowest BCUT2D eigenvalue weighted by atomic mass is 9.85. The minimum atomic E-state index is -1.00.